The molecule has 0 fully saturated rings. The van der Waals surface area contributed by atoms with E-state index in [-0.39, 0.29) is 12.5 Å². The normalized spacial score (nSPS) is 17.5. The maximum atomic E-state index is 9.38. The third kappa shape index (κ3) is 2.83. The molecule has 0 aromatic heterocycles. The maximum absolute atomic E-state index is 9.38. The van der Waals surface area contributed by atoms with E-state index in [0.29, 0.717) is 0 Å². The number of hydrogen-bond donors (Lipinski definition) is 1. The molecule has 0 amide bonds. The van der Waals surface area contributed by atoms with Crippen molar-refractivity contribution in [2.45, 2.75) is 12.3 Å². The van der Waals surface area contributed by atoms with Gasteiger partial charge in [-0.2, -0.15) is 0 Å². The van der Waals surface area contributed by atoms with Gasteiger partial charge in [-0.3, -0.25) is 4.99 Å². The zero-order chi connectivity index (χ0) is 10.5. The molecule has 1 atom stereocenters. The average Bonchev–Trinajstić information content (AvgIpc) is 2.80. The van der Waals surface area contributed by atoms with E-state index in [9.17, 15) is 5.11 Å². The first-order chi connectivity index (χ1) is 7.40. The highest BCUT2D eigenvalue weighted by Crippen LogP contribution is 2.25. The summed E-state index contributed by atoms with van der Waals surface area (Å²) in [5.41, 5.74) is 1.20. The summed E-state index contributed by atoms with van der Waals surface area (Å²) in [4.78, 5) is 4.42. The van der Waals surface area contributed by atoms with Crippen LogP contribution < -0.4 is 0 Å². The molecule has 3 heteroatoms. The molecular weight excluding hydrogens is 206 g/mol. The second-order valence-electron chi connectivity index (χ2n) is 3.62. The number of aliphatic imine (C=N–C) groups is 1. The van der Waals surface area contributed by atoms with Gasteiger partial charge in [0.25, 0.3) is 0 Å². The molecule has 1 heterocycles. The lowest BCUT2D eigenvalue weighted by atomic mass is 9.97. The van der Waals surface area contributed by atoms with Gasteiger partial charge in [-0.15, -0.1) is 11.8 Å². The number of nitrogens with zero attached hydrogens (tertiary/aromatic N) is 1. The van der Waals surface area contributed by atoms with Crippen LogP contribution in [0.25, 0.3) is 0 Å². The van der Waals surface area contributed by atoms with E-state index in [4.69, 9.17) is 0 Å². The smallest absolute Gasteiger partial charge is 0.0683 e. The van der Waals surface area contributed by atoms with Crippen molar-refractivity contribution in [3.63, 3.8) is 0 Å². The van der Waals surface area contributed by atoms with Crippen LogP contribution in [0.15, 0.2) is 35.3 Å². The molecule has 1 aromatic carbocycles. The number of hydrogen-bond acceptors (Lipinski definition) is 3. The molecule has 80 valence electrons. The molecule has 1 aliphatic rings. The van der Waals surface area contributed by atoms with Crippen molar-refractivity contribution >= 4 is 16.8 Å². The number of aliphatic hydroxyl groups excluding tert-OH is 1. The Balaban J connectivity index is 2.04. The zero-order valence-electron chi connectivity index (χ0n) is 8.60. The summed E-state index contributed by atoms with van der Waals surface area (Å²) in [6.07, 6.45) is 0.880. The first-order valence-electron chi connectivity index (χ1n) is 5.22. The topological polar surface area (TPSA) is 32.6 Å². The maximum Gasteiger partial charge on any atom is 0.0683 e. The Labute approximate surface area is 94.4 Å². The van der Waals surface area contributed by atoms with E-state index in [2.05, 4.69) is 17.1 Å². The highest BCUT2D eigenvalue weighted by atomic mass is 32.2. The molecule has 15 heavy (non-hydrogen) atoms. The molecule has 1 aromatic rings. The van der Waals surface area contributed by atoms with Crippen molar-refractivity contribution in [2.75, 3.05) is 18.9 Å². The molecule has 1 aliphatic heterocycles. The van der Waals surface area contributed by atoms with Crippen LogP contribution in [0.3, 0.4) is 0 Å². The minimum atomic E-state index is 0.198. The molecule has 0 radical (unpaired) electrons. The SMILES string of the molecule is OCC(CC1=NCCS1)c1ccccc1. The van der Waals surface area contributed by atoms with Gasteiger partial charge in [0, 0.05) is 24.6 Å². The number of benzene rings is 1. The van der Waals surface area contributed by atoms with E-state index >= 15 is 0 Å². The lowest BCUT2D eigenvalue weighted by Crippen LogP contribution is -2.07. The predicted molar refractivity (Wildman–Crippen MR) is 65.6 cm³/mol. The first-order valence-corrected chi connectivity index (χ1v) is 6.20. The molecule has 0 saturated carbocycles. The monoisotopic (exact) mass is 221 g/mol. The third-order valence-electron chi connectivity index (χ3n) is 2.56. The van der Waals surface area contributed by atoms with Gasteiger partial charge in [0.05, 0.1) is 11.7 Å². The van der Waals surface area contributed by atoms with Crippen LogP contribution in [0.5, 0.6) is 0 Å². The fraction of sp³-hybridized carbons (Fsp3) is 0.417. The molecule has 0 aliphatic carbocycles. The summed E-state index contributed by atoms with van der Waals surface area (Å²) in [6, 6.07) is 10.2. The molecular formula is C12H15NOS. The summed E-state index contributed by atoms with van der Waals surface area (Å²) in [5, 5.41) is 10.6. The van der Waals surface area contributed by atoms with Gasteiger partial charge in [0.15, 0.2) is 0 Å². The number of aliphatic hydroxyl groups is 1. The zero-order valence-corrected chi connectivity index (χ0v) is 9.41. The Morgan fingerprint density at radius 3 is 2.73 bits per heavy atom. The Hall–Kier alpha value is -0.800. The summed E-state index contributed by atoms with van der Waals surface area (Å²) in [5.74, 6) is 1.30. The standard InChI is InChI=1S/C12H15NOS/c14-9-11(8-12-13-6-7-15-12)10-4-2-1-3-5-10/h1-5,11,14H,6-9H2. The van der Waals surface area contributed by atoms with E-state index in [0.717, 1.165) is 18.7 Å². The summed E-state index contributed by atoms with van der Waals surface area (Å²) in [6.45, 7) is 1.14. The van der Waals surface area contributed by atoms with Gasteiger partial charge in [-0.25, -0.2) is 0 Å². The van der Waals surface area contributed by atoms with Gasteiger partial charge < -0.3 is 5.11 Å². The summed E-state index contributed by atoms with van der Waals surface area (Å²) >= 11 is 1.82. The Morgan fingerprint density at radius 2 is 2.13 bits per heavy atom. The minimum absolute atomic E-state index is 0.198. The van der Waals surface area contributed by atoms with Crippen LogP contribution in [0.4, 0.5) is 0 Å². The lowest BCUT2D eigenvalue weighted by Gasteiger charge is -2.13. The molecule has 1 unspecified atom stereocenters. The molecule has 0 bridgehead atoms. The van der Waals surface area contributed by atoms with E-state index < -0.39 is 0 Å². The van der Waals surface area contributed by atoms with Crippen molar-refractivity contribution in [1.82, 2.24) is 0 Å². The second kappa shape index (κ2) is 5.33. The molecule has 1 N–H and O–H groups in total. The Kier molecular flexibility index (Phi) is 3.80. The van der Waals surface area contributed by atoms with Crippen LogP contribution in [0, 0.1) is 0 Å². The van der Waals surface area contributed by atoms with E-state index in [1.165, 1.54) is 10.6 Å². The van der Waals surface area contributed by atoms with Gasteiger partial charge in [0.1, 0.15) is 0 Å². The molecule has 0 spiro atoms. The van der Waals surface area contributed by atoms with Crippen molar-refractivity contribution in [3.05, 3.63) is 35.9 Å². The van der Waals surface area contributed by atoms with Gasteiger partial charge in [0.2, 0.25) is 0 Å². The highest BCUT2D eigenvalue weighted by molar-refractivity contribution is 8.14. The van der Waals surface area contributed by atoms with Gasteiger partial charge >= 0.3 is 0 Å². The number of rotatable bonds is 4. The number of thioether (sulfide) groups is 1. The van der Waals surface area contributed by atoms with Gasteiger partial charge in [-0.1, -0.05) is 30.3 Å². The van der Waals surface area contributed by atoms with Crippen LogP contribution in [-0.4, -0.2) is 29.1 Å². The summed E-state index contributed by atoms with van der Waals surface area (Å²) < 4.78 is 0. The van der Waals surface area contributed by atoms with Crippen molar-refractivity contribution in [1.29, 1.82) is 0 Å². The fourth-order valence-corrected chi connectivity index (χ4v) is 2.65. The Bertz CT molecular complexity index is 337. The van der Waals surface area contributed by atoms with Crippen LogP contribution in [0.1, 0.15) is 17.9 Å². The van der Waals surface area contributed by atoms with Gasteiger partial charge in [-0.05, 0) is 5.56 Å². The van der Waals surface area contributed by atoms with E-state index in [1.54, 1.807) is 0 Å². The van der Waals surface area contributed by atoms with Crippen LogP contribution >= 0.6 is 11.8 Å². The second-order valence-corrected chi connectivity index (χ2v) is 4.79. The van der Waals surface area contributed by atoms with Crippen LogP contribution in [-0.2, 0) is 0 Å². The van der Waals surface area contributed by atoms with Crippen molar-refractivity contribution in [3.8, 4) is 0 Å². The Morgan fingerprint density at radius 1 is 1.33 bits per heavy atom. The first kappa shape index (κ1) is 10.7. The van der Waals surface area contributed by atoms with Crippen molar-refractivity contribution in [2.24, 2.45) is 4.99 Å². The predicted octanol–water partition coefficient (Wildman–Crippen LogP) is 2.30. The molecule has 2 nitrogen and oxygen atoms in total. The van der Waals surface area contributed by atoms with E-state index in [1.807, 2.05) is 30.0 Å². The molecule has 0 saturated heterocycles. The quantitative estimate of drug-likeness (QED) is 0.846. The largest absolute Gasteiger partial charge is 0.396 e. The van der Waals surface area contributed by atoms with Crippen molar-refractivity contribution < 1.29 is 5.11 Å². The lowest BCUT2D eigenvalue weighted by molar-refractivity contribution is 0.268. The highest BCUT2D eigenvalue weighted by Gasteiger charge is 2.15. The molecule has 2 rings (SSSR count). The summed E-state index contributed by atoms with van der Waals surface area (Å²) in [7, 11) is 0. The minimum Gasteiger partial charge on any atom is -0.396 e. The van der Waals surface area contributed by atoms with Crippen LogP contribution in [0.2, 0.25) is 0 Å². The third-order valence-corrected chi connectivity index (χ3v) is 3.58. The fourth-order valence-electron chi connectivity index (χ4n) is 1.73. The average molecular weight is 221 g/mol.